The summed E-state index contributed by atoms with van der Waals surface area (Å²) >= 11 is 0. The number of carbonyl (C=O) groups is 4. The molecule has 0 spiro atoms. The number of nitrogens with one attached hydrogen (secondary N) is 2. The second kappa shape index (κ2) is 16.0. The van der Waals surface area contributed by atoms with E-state index in [1.54, 1.807) is 11.1 Å². The molecular formula is C37H42F2N6O6. The third-order valence-electron chi connectivity index (χ3n) is 9.80. The van der Waals surface area contributed by atoms with Crippen LogP contribution in [-0.2, 0) is 30.5 Å². The molecular weight excluding hydrogens is 662 g/mol. The average Bonchev–Trinajstić information content (AvgIpc) is 3.85. The number of benzene rings is 2. The van der Waals surface area contributed by atoms with Crippen LogP contribution in [0.3, 0.4) is 0 Å². The van der Waals surface area contributed by atoms with E-state index in [0.717, 1.165) is 28.7 Å². The number of imidazole rings is 1. The number of aliphatic hydroxyl groups excluding tert-OH is 1. The quantitative estimate of drug-likeness (QED) is 0.230. The molecule has 1 aromatic heterocycles. The topological polar surface area (TPSA) is 146 Å². The molecule has 4 amide bonds. The maximum atomic E-state index is 15.2. The van der Waals surface area contributed by atoms with Gasteiger partial charge in [-0.05, 0) is 49.4 Å². The van der Waals surface area contributed by atoms with E-state index in [1.807, 2.05) is 34.9 Å². The summed E-state index contributed by atoms with van der Waals surface area (Å²) in [7, 11) is 0. The first-order valence-corrected chi connectivity index (χ1v) is 17.3. The lowest BCUT2D eigenvalue weighted by molar-refractivity contribution is -0.146. The van der Waals surface area contributed by atoms with Crippen LogP contribution in [0.25, 0.3) is 11.3 Å². The van der Waals surface area contributed by atoms with Crippen LogP contribution in [0.5, 0.6) is 0 Å². The summed E-state index contributed by atoms with van der Waals surface area (Å²) in [5.41, 5.74) is 1.10. The molecule has 51 heavy (non-hydrogen) atoms. The molecule has 2 aromatic carbocycles. The predicted octanol–water partition coefficient (Wildman–Crippen LogP) is 2.43. The van der Waals surface area contributed by atoms with Gasteiger partial charge in [-0.15, -0.1) is 0 Å². The van der Waals surface area contributed by atoms with Gasteiger partial charge < -0.3 is 29.9 Å². The van der Waals surface area contributed by atoms with Crippen molar-refractivity contribution in [3.63, 3.8) is 0 Å². The summed E-state index contributed by atoms with van der Waals surface area (Å²) < 4.78 is 37.1. The molecule has 4 heterocycles. The van der Waals surface area contributed by atoms with E-state index in [4.69, 9.17) is 9.72 Å². The summed E-state index contributed by atoms with van der Waals surface area (Å²) in [6.07, 6.45) is 3.81. The maximum Gasteiger partial charge on any atom is 0.253 e. The second-order valence-electron chi connectivity index (χ2n) is 13.3. The molecule has 2 saturated heterocycles. The Bertz CT molecular complexity index is 1760. The van der Waals surface area contributed by atoms with E-state index < -0.39 is 47.4 Å². The highest BCUT2D eigenvalue weighted by atomic mass is 19.1. The monoisotopic (exact) mass is 704 g/mol. The molecule has 4 unspecified atom stereocenters. The third-order valence-corrected chi connectivity index (χ3v) is 9.80. The van der Waals surface area contributed by atoms with Crippen LogP contribution in [0.4, 0.5) is 8.78 Å². The van der Waals surface area contributed by atoms with Crippen LogP contribution in [0.2, 0.25) is 0 Å². The van der Waals surface area contributed by atoms with E-state index in [0.29, 0.717) is 51.5 Å². The fourth-order valence-corrected chi connectivity index (χ4v) is 7.17. The van der Waals surface area contributed by atoms with E-state index in [9.17, 15) is 28.7 Å². The van der Waals surface area contributed by atoms with E-state index in [-0.39, 0.29) is 48.6 Å². The van der Waals surface area contributed by atoms with Gasteiger partial charge in [0.25, 0.3) is 17.7 Å². The van der Waals surface area contributed by atoms with Crippen molar-refractivity contribution in [1.82, 2.24) is 30.0 Å². The molecule has 0 saturated carbocycles. The van der Waals surface area contributed by atoms with Gasteiger partial charge >= 0.3 is 0 Å². The molecule has 4 atom stereocenters. The van der Waals surface area contributed by atoms with Gasteiger partial charge in [-0.2, -0.15) is 0 Å². The van der Waals surface area contributed by atoms with Gasteiger partial charge in [-0.25, -0.2) is 13.8 Å². The molecule has 12 nitrogen and oxygen atoms in total. The fraction of sp³-hybridized carbons (Fsp3) is 0.432. The molecule has 0 bridgehead atoms. The first kappa shape index (κ1) is 36.0. The Morgan fingerprint density at radius 2 is 1.80 bits per heavy atom. The van der Waals surface area contributed by atoms with Crippen molar-refractivity contribution in [2.75, 3.05) is 45.9 Å². The molecule has 270 valence electrons. The Kier molecular flexibility index (Phi) is 11.3. The largest absolute Gasteiger partial charge is 0.384 e. The first-order chi connectivity index (χ1) is 24.6. The van der Waals surface area contributed by atoms with Gasteiger partial charge in [0, 0.05) is 82.3 Å². The number of hydrogen-bond donors (Lipinski definition) is 3. The number of aliphatic hydroxyl groups is 1. The SMILES string of the molecule is CC(O)C(=O)N(CC1CNCC1C(=O)NCCN1C(=O)C=CC1=O)C(c1nc(-c2cc(F)ccc2F)cn1Cc1ccccc1)C1CCOCC1. The van der Waals surface area contributed by atoms with Crippen LogP contribution >= 0.6 is 0 Å². The minimum Gasteiger partial charge on any atom is -0.384 e. The van der Waals surface area contributed by atoms with Gasteiger partial charge in [0.1, 0.15) is 23.6 Å². The van der Waals surface area contributed by atoms with Gasteiger partial charge in [-0.1, -0.05) is 30.3 Å². The normalized spacial score (nSPS) is 20.5. The molecule has 6 rings (SSSR count). The van der Waals surface area contributed by atoms with Crippen molar-refractivity contribution < 1.29 is 37.8 Å². The Morgan fingerprint density at radius 1 is 1.08 bits per heavy atom. The number of halogens is 2. The Morgan fingerprint density at radius 3 is 2.51 bits per heavy atom. The van der Waals surface area contributed by atoms with Crippen LogP contribution in [0.15, 0.2) is 66.9 Å². The Hall–Kier alpha value is -4.79. The summed E-state index contributed by atoms with van der Waals surface area (Å²) in [5, 5.41) is 16.8. The number of amides is 4. The number of ether oxygens (including phenoxy) is 1. The van der Waals surface area contributed by atoms with Gasteiger partial charge in [-0.3, -0.25) is 24.1 Å². The molecule has 0 radical (unpaired) electrons. The van der Waals surface area contributed by atoms with Crippen LogP contribution in [0, 0.1) is 29.4 Å². The highest BCUT2D eigenvalue weighted by Gasteiger charge is 2.42. The molecule has 3 N–H and O–H groups in total. The number of carbonyl (C=O) groups excluding carboxylic acids is 4. The van der Waals surface area contributed by atoms with Crippen molar-refractivity contribution >= 4 is 23.6 Å². The standard InChI is InChI=1S/C37H42F2N6O6/c1-23(46)37(50)45(21-26-18-40-19-29(26)36(49)41-13-14-44-32(47)9-10-33(44)48)34(25-11-15-51-16-12-25)35-42-31(28-17-27(38)7-8-30(28)39)22-43(35)20-24-5-3-2-4-6-24/h2-10,17,22-23,25-26,29,34,40,46H,11-16,18-21H2,1H3,(H,41,49). The zero-order valence-electron chi connectivity index (χ0n) is 28.3. The molecule has 0 aliphatic carbocycles. The molecule has 3 aromatic rings. The fourth-order valence-electron chi connectivity index (χ4n) is 7.17. The number of nitrogens with zero attached hydrogens (tertiary/aromatic N) is 4. The van der Waals surface area contributed by atoms with Gasteiger partial charge in [0.2, 0.25) is 5.91 Å². The van der Waals surface area contributed by atoms with E-state index in [2.05, 4.69) is 10.6 Å². The van der Waals surface area contributed by atoms with Crippen molar-refractivity contribution in [1.29, 1.82) is 0 Å². The van der Waals surface area contributed by atoms with Crippen molar-refractivity contribution in [3.8, 4) is 11.3 Å². The number of hydrogen-bond acceptors (Lipinski definition) is 8. The first-order valence-electron chi connectivity index (χ1n) is 17.3. The lowest BCUT2D eigenvalue weighted by Crippen LogP contribution is -2.49. The minimum atomic E-state index is -1.38. The zero-order chi connectivity index (χ0) is 36.1. The summed E-state index contributed by atoms with van der Waals surface area (Å²) in [6, 6.07) is 12.0. The molecule has 14 heteroatoms. The maximum absolute atomic E-state index is 15.2. The smallest absolute Gasteiger partial charge is 0.253 e. The lowest BCUT2D eigenvalue weighted by atomic mass is 9.87. The average molecular weight is 705 g/mol. The summed E-state index contributed by atoms with van der Waals surface area (Å²) in [6.45, 7) is 3.53. The predicted molar refractivity (Wildman–Crippen MR) is 182 cm³/mol. The van der Waals surface area contributed by atoms with E-state index >= 15 is 4.39 Å². The number of aromatic nitrogens is 2. The van der Waals surface area contributed by atoms with Crippen molar-refractivity contribution in [2.45, 2.75) is 38.5 Å². The minimum absolute atomic E-state index is 0.0213. The molecule has 3 aliphatic rings. The summed E-state index contributed by atoms with van der Waals surface area (Å²) in [5.74, 6) is -3.64. The zero-order valence-corrected chi connectivity index (χ0v) is 28.3. The highest BCUT2D eigenvalue weighted by Crippen LogP contribution is 2.38. The number of imide groups is 1. The van der Waals surface area contributed by atoms with Crippen LogP contribution < -0.4 is 10.6 Å². The van der Waals surface area contributed by atoms with Crippen LogP contribution in [0.1, 0.15) is 37.2 Å². The second-order valence-corrected chi connectivity index (χ2v) is 13.3. The lowest BCUT2D eigenvalue weighted by Gasteiger charge is -2.40. The van der Waals surface area contributed by atoms with Crippen molar-refractivity contribution in [2.24, 2.45) is 17.8 Å². The van der Waals surface area contributed by atoms with E-state index in [1.165, 1.54) is 19.1 Å². The highest BCUT2D eigenvalue weighted by molar-refractivity contribution is 6.12. The third kappa shape index (κ3) is 8.24. The van der Waals surface area contributed by atoms with Crippen molar-refractivity contribution in [3.05, 3.63) is 89.9 Å². The Balaban J connectivity index is 1.34. The molecule has 3 aliphatic heterocycles. The van der Waals surface area contributed by atoms with Gasteiger partial charge in [0.15, 0.2) is 0 Å². The summed E-state index contributed by atoms with van der Waals surface area (Å²) in [4.78, 5) is 59.0. The number of rotatable bonds is 13. The van der Waals surface area contributed by atoms with Crippen LogP contribution in [-0.4, -0.2) is 100 Å². The Labute approximate surface area is 294 Å². The molecule has 2 fully saturated rings. The van der Waals surface area contributed by atoms with Gasteiger partial charge in [0.05, 0.1) is 17.7 Å².